The van der Waals surface area contributed by atoms with E-state index in [-0.39, 0.29) is 32.8 Å². The fourth-order valence-electron chi connectivity index (χ4n) is 3.51. The molecule has 0 bridgehead atoms. The van der Waals surface area contributed by atoms with E-state index in [1.807, 2.05) is 0 Å². The molecular formula is C25H18F5N5O2. The molecular weight excluding hydrogens is 497 g/mol. The Bertz CT molecular complexity index is 1480. The molecule has 1 aromatic carbocycles. The predicted molar refractivity (Wildman–Crippen MR) is 122 cm³/mol. The van der Waals surface area contributed by atoms with Crippen LogP contribution >= 0.6 is 0 Å². The Hall–Kier alpha value is -4.48. The topological polar surface area (TPSA) is 94.7 Å². The molecule has 0 aliphatic rings. The van der Waals surface area contributed by atoms with Gasteiger partial charge in [-0.3, -0.25) is 4.79 Å². The maximum atomic E-state index is 14.5. The Kier molecular flexibility index (Phi) is 6.84. The van der Waals surface area contributed by atoms with Crippen LogP contribution in [0.1, 0.15) is 40.4 Å². The molecule has 0 saturated heterocycles. The van der Waals surface area contributed by atoms with E-state index < -0.39 is 35.5 Å². The van der Waals surface area contributed by atoms with Gasteiger partial charge in [0.2, 0.25) is 0 Å². The number of pyridine rings is 2. The van der Waals surface area contributed by atoms with Gasteiger partial charge in [-0.25, -0.2) is 23.7 Å². The lowest BCUT2D eigenvalue weighted by Crippen LogP contribution is -2.38. The van der Waals surface area contributed by atoms with E-state index in [9.17, 15) is 32.0 Å². The van der Waals surface area contributed by atoms with Gasteiger partial charge in [0.25, 0.3) is 11.6 Å². The minimum absolute atomic E-state index is 0.0260. The third-order valence-corrected chi connectivity index (χ3v) is 5.45. The summed E-state index contributed by atoms with van der Waals surface area (Å²) in [6.07, 6.45) is -1.16. The van der Waals surface area contributed by atoms with E-state index in [4.69, 9.17) is 0 Å². The van der Waals surface area contributed by atoms with Crippen molar-refractivity contribution in [2.75, 3.05) is 0 Å². The van der Waals surface area contributed by atoms with Crippen LogP contribution < -0.4 is 10.0 Å². The van der Waals surface area contributed by atoms with Gasteiger partial charge in [0, 0.05) is 46.8 Å². The molecule has 0 unspecified atom stereocenters. The fourth-order valence-corrected chi connectivity index (χ4v) is 3.51. The number of nitrogens with zero attached hydrogens (tertiary/aromatic N) is 4. The summed E-state index contributed by atoms with van der Waals surface area (Å²) in [7, 11) is 0. The molecule has 7 nitrogen and oxygen atoms in total. The number of nitrogens with one attached hydrogen (secondary N) is 1. The summed E-state index contributed by atoms with van der Waals surface area (Å²) in [5, 5.41) is 14.4. The van der Waals surface area contributed by atoms with Crippen molar-refractivity contribution >= 4 is 5.91 Å². The number of carbonyl (C=O) groups excluding carboxylic acids is 1. The number of rotatable bonds is 5. The van der Waals surface area contributed by atoms with Gasteiger partial charge < -0.3 is 10.5 Å². The van der Waals surface area contributed by atoms with E-state index in [2.05, 4.69) is 20.3 Å². The SMILES string of the molecule is Cc1ncc(-c2cc(C(=O)N[C@H](C)c3ccc(C(F)(F)F)[n+]([O-])c3)cc(-c3ccc(F)cc3F)n2)cn1. The predicted octanol–water partition coefficient (Wildman–Crippen LogP) is 4.94. The Morgan fingerprint density at radius 1 is 1.03 bits per heavy atom. The molecule has 1 atom stereocenters. The van der Waals surface area contributed by atoms with E-state index in [1.54, 1.807) is 6.92 Å². The maximum absolute atomic E-state index is 14.5. The molecule has 4 rings (SSSR count). The van der Waals surface area contributed by atoms with Crippen molar-refractivity contribution in [2.45, 2.75) is 26.1 Å². The average molecular weight is 515 g/mol. The van der Waals surface area contributed by atoms with E-state index in [0.717, 1.165) is 18.3 Å². The van der Waals surface area contributed by atoms with Gasteiger partial charge in [-0.15, -0.1) is 0 Å². The molecule has 0 aliphatic heterocycles. The van der Waals surface area contributed by atoms with E-state index in [1.165, 1.54) is 37.5 Å². The van der Waals surface area contributed by atoms with Crippen molar-refractivity contribution in [3.63, 3.8) is 0 Å². The van der Waals surface area contributed by atoms with E-state index >= 15 is 0 Å². The second-order valence-electron chi connectivity index (χ2n) is 8.14. The summed E-state index contributed by atoms with van der Waals surface area (Å²) >= 11 is 0. The van der Waals surface area contributed by atoms with Crippen LogP contribution in [0, 0.1) is 23.8 Å². The van der Waals surface area contributed by atoms with Gasteiger partial charge >= 0.3 is 6.18 Å². The van der Waals surface area contributed by atoms with Gasteiger partial charge in [0.15, 0.2) is 6.20 Å². The van der Waals surface area contributed by atoms with Gasteiger partial charge in [-0.05, 0) is 44.2 Å². The summed E-state index contributed by atoms with van der Waals surface area (Å²) in [5.41, 5.74) is -0.618. The first kappa shape index (κ1) is 25.6. The first-order chi connectivity index (χ1) is 17.4. The highest BCUT2D eigenvalue weighted by Gasteiger charge is 2.39. The van der Waals surface area contributed by atoms with Crippen LogP contribution in [0.15, 0.2) is 61.1 Å². The minimum Gasteiger partial charge on any atom is -0.618 e. The molecule has 0 fully saturated rings. The average Bonchev–Trinajstić information content (AvgIpc) is 2.83. The molecule has 12 heteroatoms. The van der Waals surface area contributed by atoms with Crippen molar-refractivity contribution in [3.05, 3.63) is 101 Å². The van der Waals surface area contributed by atoms with Crippen LogP contribution in [0.5, 0.6) is 0 Å². The maximum Gasteiger partial charge on any atom is 0.478 e. The Labute approximate surface area is 207 Å². The Morgan fingerprint density at radius 3 is 2.32 bits per heavy atom. The number of carbonyl (C=O) groups is 1. The van der Waals surface area contributed by atoms with Crippen molar-refractivity contribution in [2.24, 2.45) is 0 Å². The number of benzene rings is 1. The van der Waals surface area contributed by atoms with Crippen LogP contribution in [-0.2, 0) is 6.18 Å². The zero-order valence-electron chi connectivity index (χ0n) is 19.3. The normalized spacial score (nSPS) is 12.3. The van der Waals surface area contributed by atoms with E-state index in [0.29, 0.717) is 23.5 Å². The molecule has 4 aromatic rings. The quantitative estimate of drug-likeness (QED) is 0.231. The smallest absolute Gasteiger partial charge is 0.478 e. The largest absolute Gasteiger partial charge is 0.618 e. The van der Waals surface area contributed by atoms with Crippen LogP contribution in [-0.4, -0.2) is 20.9 Å². The number of alkyl halides is 3. The van der Waals surface area contributed by atoms with Crippen LogP contribution in [0.3, 0.4) is 0 Å². The number of hydrogen-bond acceptors (Lipinski definition) is 5. The summed E-state index contributed by atoms with van der Waals surface area (Å²) in [6, 6.07) is 6.46. The third-order valence-electron chi connectivity index (χ3n) is 5.45. The van der Waals surface area contributed by atoms with Crippen molar-refractivity contribution in [3.8, 4) is 22.5 Å². The molecule has 0 spiro atoms. The monoisotopic (exact) mass is 515 g/mol. The second kappa shape index (κ2) is 9.88. The summed E-state index contributed by atoms with van der Waals surface area (Å²) in [4.78, 5) is 25.7. The standard InChI is InChI=1S/C25H18F5N5O2/c1-13(15-3-6-23(25(28,29)30)35(37)12-15)33-24(36)16-7-21(17-10-31-14(2)32-11-17)34-22(8-16)19-5-4-18(26)9-20(19)27/h3-13H,1-2H3,(H,33,36)/t13-/m1/s1. The number of aryl methyl sites for hydroxylation is 1. The molecule has 0 saturated carbocycles. The first-order valence-electron chi connectivity index (χ1n) is 10.8. The summed E-state index contributed by atoms with van der Waals surface area (Å²) < 4.78 is 66.3. The molecule has 3 heterocycles. The van der Waals surface area contributed by atoms with Gasteiger partial charge in [0.1, 0.15) is 17.5 Å². The molecule has 37 heavy (non-hydrogen) atoms. The molecule has 0 radical (unpaired) electrons. The highest BCUT2D eigenvalue weighted by atomic mass is 19.4. The van der Waals surface area contributed by atoms with Crippen LogP contribution in [0.25, 0.3) is 22.5 Å². The van der Waals surface area contributed by atoms with Crippen LogP contribution in [0.2, 0.25) is 0 Å². The zero-order chi connectivity index (χ0) is 26.9. The molecule has 190 valence electrons. The number of halogens is 5. The highest BCUT2D eigenvalue weighted by Crippen LogP contribution is 2.28. The van der Waals surface area contributed by atoms with Crippen molar-refractivity contribution in [1.29, 1.82) is 0 Å². The minimum atomic E-state index is -4.83. The van der Waals surface area contributed by atoms with Gasteiger partial charge in [-0.2, -0.15) is 17.9 Å². The van der Waals surface area contributed by atoms with Gasteiger partial charge in [0.05, 0.1) is 17.4 Å². The van der Waals surface area contributed by atoms with Crippen molar-refractivity contribution in [1.82, 2.24) is 20.3 Å². The Morgan fingerprint density at radius 2 is 1.70 bits per heavy atom. The van der Waals surface area contributed by atoms with Gasteiger partial charge in [-0.1, -0.05) is 0 Å². The second-order valence-corrected chi connectivity index (χ2v) is 8.14. The lowest BCUT2D eigenvalue weighted by molar-refractivity contribution is -0.629. The summed E-state index contributed by atoms with van der Waals surface area (Å²) in [5.74, 6) is -1.87. The molecule has 1 amide bonds. The number of aromatic nitrogens is 4. The zero-order valence-corrected chi connectivity index (χ0v) is 19.3. The highest BCUT2D eigenvalue weighted by molar-refractivity contribution is 5.96. The lowest BCUT2D eigenvalue weighted by Gasteiger charge is -2.16. The first-order valence-corrected chi connectivity index (χ1v) is 10.8. The summed E-state index contributed by atoms with van der Waals surface area (Å²) in [6.45, 7) is 3.16. The number of amides is 1. The molecule has 3 aromatic heterocycles. The molecule has 1 N–H and O–H groups in total. The van der Waals surface area contributed by atoms with Crippen molar-refractivity contribution < 1.29 is 31.5 Å². The fraction of sp³-hybridized carbons (Fsp3) is 0.160. The third kappa shape index (κ3) is 5.68. The molecule has 0 aliphatic carbocycles. The number of hydrogen-bond donors (Lipinski definition) is 1. The van der Waals surface area contributed by atoms with Crippen LogP contribution in [0.4, 0.5) is 22.0 Å². The Balaban J connectivity index is 1.70. The lowest BCUT2D eigenvalue weighted by atomic mass is 10.0.